The molecule has 8 aliphatic rings. The summed E-state index contributed by atoms with van der Waals surface area (Å²) in [5.41, 5.74) is 4.85. The Morgan fingerprint density at radius 1 is 0.625 bits per heavy atom. The third-order valence-electron chi connectivity index (χ3n) is 17.3. The van der Waals surface area contributed by atoms with Crippen molar-refractivity contribution in [3.8, 4) is 22.9 Å². The summed E-state index contributed by atoms with van der Waals surface area (Å²) in [7, 11) is -14.3. The molecule has 3 fully saturated rings. The molecule has 0 radical (unpaired) electrons. The highest BCUT2D eigenvalue weighted by molar-refractivity contribution is 7.93. The maximum atomic E-state index is 12.8. The van der Waals surface area contributed by atoms with Gasteiger partial charge in [0.1, 0.15) is 34.1 Å². The highest BCUT2D eigenvalue weighted by Crippen LogP contribution is 2.48. The number of hydrogen-bond acceptors (Lipinski definition) is 23. The number of rotatable bonds is 6. The molecule has 10 heterocycles. The summed E-state index contributed by atoms with van der Waals surface area (Å²) in [5, 5.41) is 21.6. The molecule has 4 atom stereocenters. The average Bonchev–Trinajstić information content (AvgIpc) is 1.15. The first-order valence-corrected chi connectivity index (χ1v) is 36.0. The Morgan fingerprint density at radius 3 is 1.61 bits per heavy atom. The lowest BCUT2D eigenvalue weighted by Crippen LogP contribution is -2.56. The molecule has 0 amide bonds. The number of sulfonamides is 2. The standard InChI is InChI=1S/C21H26N4O6S2.C14H20ClN3O4S.C13H18BNO4S.C8H8ClNO2/c1-12-8-30-9-13-10-31-17-18(21(2,3)32(4,26)27)22-19(23-20(17)25(12)13)14-6-5-7-16-15(14)11-33(28,29)24-16;1-8-5-21-6-9-7-22-10-11(14(2,3)23(4,19)20)16-13(15)17-12(10)18(8)9;1-12(2)13(3,4)19-14(18-12)10-6-5-7-11-9(10)8-20(16,17)15-11;9-6-2-1-3-7-5(6)4-8(11,12)10-7/h5-7,12-13,24H,8-11H2,1-4H3;8-9H,5-7H2,1-4H3;5-7,15H,8H2,1-4H3;1-3,10-12H,4H2/t12-,13+;8-,9+;;/m11../s1. The molecule has 2 aromatic heterocycles. The van der Waals surface area contributed by atoms with Gasteiger partial charge >= 0.3 is 7.12 Å². The predicted molar refractivity (Wildman–Crippen MR) is 335 cm³/mol. The Kier molecular flexibility index (Phi) is 17.2. The number of sulfone groups is 2. The van der Waals surface area contributed by atoms with E-state index in [-0.39, 0.29) is 58.9 Å². The predicted octanol–water partition coefficient (Wildman–Crippen LogP) is 5.25. The Labute approximate surface area is 523 Å². The van der Waals surface area contributed by atoms with E-state index in [1.165, 1.54) is 12.5 Å². The van der Waals surface area contributed by atoms with E-state index in [9.17, 15) is 43.9 Å². The van der Waals surface area contributed by atoms with Gasteiger partial charge < -0.3 is 53.6 Å². The fourth-order valence-electron chi connectivity index (χ4n) is 11.2. The fraction of sp³-hybridized carbons (Fsp3) is 0.536. The highest BCUT2D eigenvalue weighted by Gasteiger charge is 2.53. The van der Waals surface area contributed by atoms with E-state index in [1.807, 2.05) is 53.7 Å². The van der Waals surface area contributed by atoms with Crippen LogP contribution >= 0.6 is 23.2 Å². The van der Waals surface area contributed by atoms with Crippen LogP contribution in [0.5, 0.6) is 11.5 Å². The quantitative estimate of drug-likeness (QED) is 0.0823. The molecule has 0 unspecified atom stereocenters. The van der Waals surface area contributed by atoms with Crippen molar-refractivity contribution in [3.63, 3.8) is 0 Å². The second kappa shape index (κ2) is 23.1. The summed E-state index contributed by atoms with van der Waals surface area (Å²) in [5.74, 6) is -0.00677. The number of anilines is 5. The lowest BCUT2D eigenvalue weighted by Gasteiger charge is -2.45. The number of hydrogen-bond donors (Lipinski definition) is 5. The van der Waals surface area contributed by atoms with Crippen LogP contribution in [0.2, 0.25) is 10.3 Å². The smallest absolute Gasteiger partial charge is 0.486 e. The maximum Gasteiger partial charge on any atom is 0.495 e. The molecule has 88 heavy (non-hydrogen) atoms. The molecule has 0 spiro atoms. The molecule has 478 valence electrons. The van der Waals surface area contributed by atoms with Gasteiger partial charge in [-0.05, 0) is 116 Å². The fourth-order valence-corrected chi connectivity index (χ4v) is 15.1. The van der Waals surface area contributed by atoms with Crippen LogP contribution in [0, 0.1) is 0 Å². The van der Waals surface area contributed by atoms with E-state index in [0.717, 1.165) is 16.6 Å². The van der Waals surface area contributed by atoms with Crippen molar-refractivity contribution in [1.82, 2.24) is 19.9 Å². The highest BCUT2D eigenvalue weighted by atomic mass is 35.5. The summed E-state index contributed by atoms with van der Waals surface area (Å²) in [6, 6.07) is 15.9. The van der Waals surface area contributed by atoms with Crippen LogP contribution in [-0.2, 0) is 85.9 Å². The monoisotopic (exact) mass is 1340 g/mol. The van der Waals surface area contributed by atoms with E-state index >= 15 is 0 Å². The molecule has 0 bridgehead atoms. The minimum absolute atomic E-state index is 0.00752. The number of benzene rings is 3. The van der Waals surface area contributed by atoms with Crippen molar-refractivity contribution in [2.75, 3.05) is 76.7 Å². The van der Waals surface area contributed by atoms with Gasteiger partial charge in [-0.3, -0.25) is 9.44 Å². The summed E-state index contributed by atoms with van der Waals surface area (Å²) in [6.07, 6.45) is 2.47. The van der Waals surface area contributed by atoms with Crippen molar-refractivity contribution in [1.29, 1.82) is 0 Å². The van der Waals surface area contributed by atoms with Gasteiger partial charge in [-0.1, -0.05) is 41.9 Å². The van der Waals surface area contributed by atoms with Crippen molar-refractivity contribution < 1.29 is 72.1 Å². The van der Waals surface area contributed by atoms with Crippen molar-refractivity contribution in [2.24, 2.45) is 0 Å². The first-order valence-electron chi connectivity index (χ1n) is 28.2. The van der Waals surface area contributed by atoms with E-state index in [4.69, 9.17) is 56.4 Å². The topological polar surface area (TPSA) is 327 Å². The molecular weight excluding hydrogens is 1260 g/mol. The zero-order valence-electron chi connectivity index (χ0n) is 50.6. The zero-order valence-corrected chi connectivity index (χ0v) is 55.4. The van der Waals surface area contributed by atoms with Gasteiger partial charge in [0.2, 0.25) is 31.2 Å². The summed E-state index contributed by atoms with van der Waals surface area (Å²) in [4.78, 5) is 22.2. The maximum absolute atomic E-state index is 12.8. The van der Waals surface area contributed by atoms with Crippen molar-refractivity contribution in [2.45, 2.75) is 138 Å². The summed E-state index contributed by atoms with van der Waals surface area (Å²) in [6.45, 7) is 21.1. The minimum atomic E-state index is -3.58. The molecular formula is C56H72BCl2N9O16S4. The molecule has 3 aromatic carbocycles. The number of aliphatic hydroxyl groups is 2. The Morgan fingerprint density at radius 2 is 1.09 bits per heavy atom. The first kappa shape index (κ1) is 65.6. The van der Waals surface area contributed by atoms with Crippen LogP contribution in [0.3, 0.4) is 0 Å². The lowest BCUT2D eigenvalue weighted by molar-refractivity contribution is -0.128. The van der Waals surface area contributed by atoms with Gasteiger partial charge in [0, 0.05) is 39.9 Å². The van der Waals surface area contributed by atoms with Gasteiger partial charge in [-0.15, -0.1) is 0 Å². The van der Waals surface area contributed by atoms with Crippen molar-refractivity contribution >= 4 is 104 Å². The van der Waals surface area contributed by atoms with Crippen LogP contribution < -0.4 is 39.5 Å². The molecule has 32 heteroatoms. The van der Waals surface area contributed by atoms with E-state index < -0.39 is 73.4 Å². The van der Waals surface area contributed by atoms with Gasteiger partial charge in [0.05, 0.1) is 91.1 Å². The molecule has 8 aliphatic heterocycles. The van der Waals surface area contributed by atoms with Gasteiger partial charge in [0.25, 0.3) is 0 Å². The van der Waals surface area contributed by atoms with E-state index in [0.29, 0.717) is 102 Å². The first-order chi connectivity index (χ1) is 40.7. The van der Waals surface area contributed by atoms with Gasteiger partial charge in [-0.2, -0.15) is 4.98 Å². The van der Waals surface area contributed by atoms with Gasteiger partial charge in [0.15, 0.2) is 48.6 Å². The van der Waals surface area contributed by atoms with Crippen LogP contribution in [0.15, 0.2) is 54.6 Å². The number of nitrogens with zero attached hydrogens (tertiary/aromatic N) is 6. The number of halogens is 2. The van der Waals surface area contributed by atoms with Gasteiger partial charge in [-0.25, -0.2) is 48.6 Å². The minimum Gasteiger partial charge on any atom is -0.486 e. The number of ether oxygens (including phenoxy) is 4. The van der Waals surface area contributed by atoms with E-state index in [1.54, 1.807) is 70.2 Å². The Bertz CT molecular complexity index is 4060. The number of aromatic nitrogens is 4. The van der Waals surface area contributed by atoms with Crippen LogP contribution in [0.25, 0.3) is 11.4 Å². The number of morpholine rings is 2. The molecule has 13 rings (SSSR count). The molecule has 3 saturated heterocycles. The zero-order chi connectivity index (χ0) is 64.3. The Hall–Kier alpha value is -5.38. The normalized spacial score (nSPS) is 23.6. The third-order valence-corrected chi connectivity index (χ3v) is 24.3. The molecule has 0 saturated carbocycles. The third kappa shape index (κ3) is 12.6. The molecule has 5 N–H and O–H groups in total. The van der Waals surface area contributed by atoms with Crippen LogP contribution in [0.1, 0.15) is 97.3 Å². The number of fused-ring (bicyclic) bond motifs is 9. The second-order valence-corrected chi connectivity index (χ2v) is 34.3. The number of nitrogens with one attached hydrogen (secondary N) is 3. The Balaban J connectivity index is 0.000000137. The lowest BCUT2D eigenvalue weighted by atomic mass is 9.76. The average molecular weight is 1340 g/mol. The van der Waals surface area contributed by atoms with Crippen LogP contribution in [0.4, 0.5) is 28.7 Å². The van der Waals surface area contributed by atoms with Crippen LogP contribution in [-0.4, -0.2) is 164 Å². The summed E-state index contributed by atoms with van der Waals surface area (Å²) >= 11 is 11.9. The SMILES string of the molecule is CC1(C)OB(c2cccc3c2CS(=O)(=O)N3)OC1(C)C.C[C@@H]1COC[C@H]2COc3c(nc(-c4cccc5c4CS(=O)(=O)N5)nc3C(C)(C)S(C)(=O)=O)N21.C[C@@H]1COC[C@H]2COc3c(nc(Cl)nc3C(C)(C)S(C)(=O)=O)N21.OC1(O)Cc2c(Cl)cccc2N1. The largest absolute Gasteiger partial charge is 0.495 e. The molecule has 0 aliphatic carbocycles. The van der Waals surface area contributed by atoms with Crippen molar-refractivity contribution in [3.05, 3.63) is 93.0 Å². The molecule has 5 aromatic rings. The molecule has 25 nitrogen and oxygen atoms in total. The summed E-state index contributed by atoms with van der Waals surface area (Å²) < 4.78 is 135. The second-order valence-electron chi connectivity index (χ2n) is 25.0. The van der Waals surface area contributed by atoms with E-state index in [2.05, 4.69) is 39.5 Å².